The molecular formula is C16H20N2O. The molecular weight excluding hydrogens is 236 g/mol. The van der Waals surface area contributed by atoms with Gasteiger partial charge in [0.05, 0.1) is 12.2 Å². The van der Waals surface area contributed by atoms with Crippen molar-refractivity contribution >= 4 is 11.6 Å². The standard InChI is InChI=1S/C16H20N2O/c17-12-6-10-13-7-4-5-11-15(13)18-16(19)14-8-2-1-3-9-14/h4-5,7,11,14H,1-3,8-9,12,17H2,(H,18,19). The van der Waals surface area contributed by atoms with Crippen molar-refractivity contribution in [3.8, 4) is 11.8 Å². The van der Waals surface area contributed by atoms with Gasteiger partial charge in [0.2, 0.25) is 5.91 Å². The summed E-state index contributed by atoms with van der Waals surface area (Å²) in [5.74, 6) is 6.10. The normalized spacial score (nSPS) is 15.4. The van der Waals surface area contributed by atoms with Gasteiger partial charge >= 0.3 is 0 Å². The highest BCUT2D eigenvalue weighted by atomic mass is 16.1. The zero-order valence-electron chi connectivity index (χ0n) is 11.1. The summed E-state index contributed by atoms with van der Waals surface area (Å²) in [6.07, 6.45) is 5.58. The van der Waals surface area contributed by atoms with E-state index in [1.807, 2.05) is 24.3 Å². The second-order valence-electron chi connectivity index (χ2n) is 4.88. The molecule has 1 saturated carbocycles. The van der Waals surface area contributed by atoms with Crippen LogP contribution in [-0.4, -0.2) is 12.5 Å². The van der Waals surface area contributed by atoms with Gasteiger partial charge in [-0.15, -0.1) is 0 Å². The third-order valence-electron chi connectivity index (χ3n) is 3.49. The smallest absolute Gasteiger partial charge is 0.227 e. The summed E-state index contributed by atoms with van der Waals surface area (Å²) in [7, 11) is 0. The molecule has 1 aliphatic rings. The second kappa shape index (κ2) is 6.96. The molecule has 1 amide bonds. The first-order valence-electron chi connectivity index (χ1n) is 6.90. The quantitative estimate of drug-likeness (QED) is 0.799. The van der Waals surface area contributed by atoms with Gasteiger partial charge in [0.15, 0.2) is 0 Å². The van der Waals surface area contributed by atoms with E-state index in [4.69, 9.17) is 5.73 Å². The summed E-state index contributed by atoms with van der Waals surface area (Å²) in [5, 5.41) is 3.01. The predicted molar refractivity (Wildman–Crippen MR) is 77.6 cm³/mol. The number of hydrogen-bond donors (Lipinski definition) is 2. The van der Waals surface area contributed by atoms with Crippen LogP contribution in [0.1, 0.15) is 37.7 Å². The van der Waals surface area contributed by atoms with Gasteiger partial charge in [0.1, 0.15) is 0 Å². The highest BCUT2D eigenvalue weighted by Gasteiger charge is 2.21. The lowest BCUT2D eigenvalue weighted by Crippen LogP contribution is -2.25. The van der Waals surface area contributed by atoms with Gasteiger partial charge in [0, 0.05) is 11.5 Å². The third kappa shape index (κ3) is 3.84. The maximum atomic E-state index is 12.2. The maximum absolute atomic E-state index is 12.2. The fourth-order valence-corrected chi connectivity index (χ4v) is 2.45. The molecule has 0 aliphatic heterocycles. The number of rotatable bonds is 2. The third-order valence-corrected chi connectivity index (χ3v) is 3.49. The van der Waals surface area contributed by atoms with E-state index in [1.165, 1.54) is 6.42 Å². The number of anilines is 1. The van der Waals surface area contributed by atoms with Gasteiger partial charge in [-0.1, -0.05) is 43.2 Å². The Hall–Kier alpha value is -1.79. The Morgan fingerprint density at radius 3 is 2.74 bits per heavy atom. The Morgan fingerprint density at radius 1 is 1.26 bits per heavy atom. The molecule has 1 aromatic carbocycles. The van der Waals surface area contributed by atoms with Gasteiger partial charge in [-0.2, -0.15) is 0 Å². The Kier molecular flexibility index (Phi) is 5.00. The van der Waals surface area contributed by atoms with Crippen LogP contribution in [0.3, 0.4) is 0 Å². The van der Waals surface area contributed by atoms with Crippen LogP contribution in [-0.2, 0) is 4.79 Å². The fraction of sp³-hybridized carbons (Fsp3) is 0.438. The Labute approximate surface area is 114 Å². The topological polar surface area (TPSA) is 55.1 Å². The highest BCUT2D eigenvalue weighted by Crippen LogP contribution is 2.25. The lowest BCUT2D eigenvalue weighted by Gasteiger charge is -2.21. The number of nitrogens with two attached hydrogens (primary N) is 1. The van der Waals surface area contributed by atoms with Crippen LogP contribution in [0.2, 0.25) is 0 Å². The molecule has 0 saturated heterocycles. The number of benzene rings is 1. The number of carbonyl (C=O) groups is 1. The van der Waals surface area contributed by atoms with Crippen molar-refractivity contribution in [1.82, 2.24) is 0 Å². The number of carbonyl (C=O) groups excluding carboxylic acids is 1. The average Bonchev–Trinajstić information content (AvgIpc) is 2.47. The van der Waals surface area contributed by atoms with E-state index in [1.54, 1.807) is 0 Å². The molecule has 0 heterocycles. The minimum atomic E-state index is 0.127. The van der Waals surface area contributed by atoms with E-state index < -0.39 is 0 Å². The Bertz CT molecular complexity index is 493. The molecule has 0 spiro atoms. The molecule has 1 fully saturated rings. The van der Waals surface area contributed by atoms with Crippen molar-refractivity contribution < 1.29 is 4.79 Å². The fourth-order valence-electron chi connectivity index (χ4n) is 2.45. The van der Waals surface area contributed by atoms with E-state index in [9.17, 15) is 4.79 Å². The van der Waals surface area contributed by atoms with Crippen molar-refractivity contribution in [2.75, 3.05) is 11.9 Å². The van der Waals surface area contributed by atoms with Crippen molar-refractivity contribution in [3.63, 3.8) is 0 Å². The van der Waals surface area contributed by atoms with E-state index in [-0.39, 0.29) is 11.8 Å². The van der Waals surface area contributed by atoms with E-state index >= 15 is 0 Å². The van der Waals surface area contributed by atoms with Gasteiger partial charge in [-0.25, -0.2) is 0 Å². The number of nitrogens with one attached hydrogen (secondary N) is 1. The van der Waals surface area contributed by atoms with Crippen LogP contribution in [0.15, 0.2) is 24.3 Å². The van der Waals surface area contributed by atoms with Gasteiger partial charge in [-0.3, -0.25) is 4.79 Å². The molecule has 2 rings (SSSR count). The number of hydrogen-bond acceptors (Lipinski definition) is 2. The maximum Gasteiger partial charge on any atom is 0.227 e. The molecule has 0 unspecified atom stereocenters. The van der Waals surface area contributed by atoms with Crippen molar-refractivity contribution in [1.29, 1.82) is 0 Å². The first-order valence-corrected chi connectivity index (χ1v) is 6.90. The summed E-state index contributed by atoms with van der Waals surface area (Å²) >= 11 is 0. The molecule has 3 nitrogen and oxygen atoms in total. The molecule has 0 radical (unpaired) electrons. The van der Waals surface area contributed by atoms with Gasteiger partial charge in [-0.05, 0) is 25.0 Å². The van der Waals surface area contributed by atoms with Gasteiger partial charge < -0.3 is 11.1 Å². The lowest BCUT2D eigenvalue weighted by molar-refractivity contribution is -0.120. The van der Waals surface area contributed by atoms with Crippen molar-refractivity contribution in [2.45, 2.75) is 32.1 Å². The second-order valence-corrected chi connectivity index (χ2v) is 4.88. The minimum absolute atomic E-state index is 0.127. The van der Waals surface area contributed by atoms with Crippen LogP contribution in [0, 0.1) is 17.8 Å². The van der Waals surface area contributed by atoms with E-state index in [2.05, 4.69) is 17.2 Å². The molecule has 19 heavy (non-hydrogen) atoms. The Balaban J connectivity index is 2.07. The molecule has 0 atom stereocenters. The van der Waals surface area contributed by atoms with Gasteiger partial charge in [0.25, 0.3) is 0 Å². The summed E-state index contributed by atoms with van der Waals surface area (Å²) in [5.41, 5.74) is 7.01. The molecule has 1 aromatic rings. The van der Waals surface area contributed by atoms with Crippen LogP contribution in [0.25, 0.3) is 0 Å². The molecule has 3 N–H and O–H groups in total. The average molecular weight is 256 g/mol. The van der Waals surface area contributed by atoms with Crippen LogP contribution in [0.4, 0.5) is 5.69 Å². The highest BCUT2D eigenvalue weighted by molar-refractivity contribution is 5.93. The lowest BCUT2D eigenvalue weighted by atomic mass is 9.88. The molecule has 0 bridgehead atoms. The number of amides is 1. The molecule has 0 aromatic heterocycles. The predicted octanol–water partition coefficient (Wildman–Crippen LogP) is 2.52. The Morgan fingerprint density at radius 2 is 2.00 bits per heavy atom. The number of para-hydroxylation sites is 1. The first-order chi connectivity index (χ1) is 9.31. The zero-order chi connectivity index (χ0) is 13.5. The molecule has 1 aliphatic carbocycles. The van der Waals surface area contributed by atoms with E-state index in [0.29, 0.717) is 6.54 Å². The summed E-state index contributed by atoms with van der Waals surface area (Å²) < 4.78 is 0. The summed E-state index contributed by atoms with van der Waals surface area (Å²) in [4.78, 5) is 12.2. The van der Waals surface area contributed by atoms with Crippen molar-refractivity contribution in [3.05, 3.63) is 29.8 Å². The summed E-state index contributed by atoms with van der Waals surface area (Å²) in [6.45, 7) is 0.324. The monoisotopic (exact) mass is 256 g/mol. The summed E-state index contributed by atoms with van der Waals surface area (Å²) in [6, 6.07) is 7.61. The molecule has 3 heteroatoms. The van der Waals surface area contributed by atoms with Crippen LogP contribution in [0.5, 0.6) is 0 Å². The molecule has 100 valence electrons. The largest absolute Gasteiger partial charge is 0.325 e. The SMILES string of the molecule is NCC#Cc1ccccc1NC(=O)C1CCCCC1. The van der Waals surface area contributed by atoms with Crippen LogP contribution >= 0.6 is 0 Å². The van der Waals surface area contributed by atoms with Crippen LogP contribution < -0.4 is 11.1 Å². The zero-order valence-corrected chi connectivity index (χ0v) is 11.1. The first kappa shape index (κ1) is 13.6. The van der Waals surface area contributed by atoms with E-state index in [0.717, 1.165) is 36.9 Å². The minimum Gasteiger partial charge on any atom is -0.325 e. The van der Waals surface area contributed by atoms with Crippen molar-refractivity contribution in [2.24, 2.45) is 11.7 Å².